The number of aromatic nitrogens is 2. The van der Waals surface area contributed by atoms with Crippen LogP contribution < -0.4 is 5.32 Å². The van der Waals surface area contributed by atoms with Crippen LogP contribution in [0.1, 0.15) is 16.9 Å². The highest BCUT2D eigenvalue weighted by Crippen LogP contribution is 2.21. The van der Waals surface area contributed by atoms with Gasteiger partial charge in [0.05, 0.1) is 5.69 Å². The molecular formula is C19H18N4O. The van der Waals surface area contributed by atoms with Gasteiger partial charge < -0.3 is 10.2 Å². The number of nitrogens with zero attached hydrogens (tertiary/aromatic N) is 3. The lowest BCUT2D eigenvalue weighted by Crippen LogP contribution is -2.32. The van der Waals surface area contributed by atoms with Crippen LogP contribution in [-0.2, 0) is 0 Å². The average Bonchev–Trinajstić information content (AvgIpc) is 3.10. The molecule has 1 fully saturated rings. The minimum atomic E-state index is 0.00212. The summed E-state index contributed by atoms with van der Waals surface area (Å²) in [5.74, 6) is 0.00212. The number of carbonyl (C=O) groups is 1. The molecule has 1 aliphatic heterocycles. The van der Waals surface area contributed by atoms with E-state index in [4.69, 9.17) is 0 Å². The van der Waals surface area contributed by atoms with Gasteiger partial charge in [0.2, 0.25) is 0 Å². The number of hydrogen-bond acceptors (Lipinski definition) is 4. The minimum Gasteiger partial charge on any atom is -0.379 e. The molecule has 1 atom stereocenters. The van der Waals surface area contributed by atoms with Crippen LogP contribution in [0.2, 0.25) is 0 Å². The Kier molecular flexibility index (Phi) is 3.83. The molecule has 2 aromatic heterocycles. The van der Waals surface area contributed by atoms with E-state index >= 15 is 0 Å². The van der Waals surface area contributed by atoms with E-state index in [1.807, 2.05) is 47.4 Å². The van der Waals surface area contributed by atoms with E-state index < -0.39 is 0 Å². The Morgan fingerprint density at radius 2 is 2.04 bits per heavy atom. The van der Waals surface area contributed by atoms with E-state index in [0.717, 1.165) is 29.4 Å². The molecule has 120 valence electrons. The molecule has 3 heterocycles. The number of carbonyl (C=O) groups excluding carboxylic acids is 1. The van der Waals surface area contributed by atoms with Crippen LogP contribution in [-0.4, -0.2) is 39.9 Å². The minimum absolute atomic E-state index is 0.00212. The molecule has 0 radical (unpaired) electrons. The first-order valence-corrected chi connectivity index (χ1v) is 8.11. The lowest BCUT2D eigenvalue weighted by atomic mass is 10.1. The summed E-state index contributed by atoms with van der Waals surface area (Å²) < 4.78 is 0. The summed E-state index contributed by atoms with van der Waals surface area (Å²) in [7, 11) is 0. The van der Waals surface area contributed by atoms with Gasteiger partial charge in [-0.2, -0.15) is 0 Å². The topological polar surface area (TPSA) is 58.1 Å². The Labute approximate surface area is 140 Å². The van der Waals surface area contributed by atoms with Gasteiger partial charge in [-0.25, -0.2) is 0 Å². The first kappa shape index (κ1) is 14.6. The Hall–Kier alpha value is -2.95. The highest BCUT2D eigenvalue weighted by atomic mass is 16.2. The van der Waals surface area contributed by atoms with E-state index in [1.165, 1.54) is 0 Å². The smallest absolute Gasteiger partial charge is 0.273 e. The van der Waals surface area contributed by atoms with Crippen LogP contribution in [0.15, 0.2) is 61.1 Å². The molecule has 24 heavy (non-hydrogen) atoms. The van der Waals surface area contributed by atoms with Gasteiger partial charge in [0.1, 0.15) is 5.69 Å². The van der Waals surface area contributed by atoms with Crippen molar-refractivity contribution >= 4 is 22.4 Å². The second kappa shape index (κ2) is 6.28. The lowest BCUT2D eigenvalue weighted by Gasteiger charge is -2.18. The van der Waals surface area contributed by atoms with E-state index in [9.17, 15) is 4.79 Å². The van der Waals surface area contributed by atoms with Gasteiger partial charge in [-0.15, -0.1) is 0 Å². The van der Waals surface area contributed by atoms with Crippen LogP contribution >= 0.6 is 0 Å². The summed E-state index contributed by atoms with van der Waals surface area (Å²) in [6.45, 7) is 1.42. The summed E-state index contributed by atoms with van der Waals surface area (Å²) in [5.41, 5.74) is 1.52. The fourth-order valence-corrected chi connectivity index (χ4v) is 3.19. The van der Waals surface area contributed by atoms with Crippen LogP contribution in [0.25, 0.3) is 10.8 Å². The van der Waals surface area contributed by atoms with Gasteiger partial charge in [0.25, 0.3) is 5.91 Å². The Morgan fingerprint density at radius 3 is 2.92 bits per heavy atom. The van der Waals surface area contributed by atoms with Crippen molar-refractivity contribution in [2.24, 2.45) is 0 Å². The molecule has 1 saturated heterocycles. The van der Waals surface area contributed by atoms with Crippen LogP contribution in [0.3, 0.4) is 0 Å². The van der Waals surface area contributed by atoms with E-state index in [1.54, 1.807) is 18.6 Å². The summed E-state index contributed by atoms with van der Waals surface area (Å²) in [6, 6.07) is 13.9. The van der Waals surface area contributed by atoms with Crippen molar-refractivity contribution in [3.05, 3.63) is 66.7 Å². The lowest BCUT2D eigenvalue weighted by molar-refractivity contribution is 0.0788. The Bertz CT molecular complexity index is 860. The van der Waals surface area contributed by atoms with Crippen molar-refractivity contribution in [1.29, 1.82) is 0 Å². The third kappa shape index (κ3) is 2.80. The molecule has 1 N–H and O–H groups in total. The highest BCUT2D eigenvalue weighted by Gasteiger charge is 2.28. The zero-order chi connectivity index (χ0) is 16.4. The molecule has 5 nitrogen and oxygen atoms in total. The zero-order valence-electron chi connectivity index (χ0n) is 13.2. The zero-order valence-corrected chi connectivity index (χ0v) is 13.2. The maximum Gasteiger partial charge on any atom is 0.273 e. The number of hydrogen-bond donors (Lipinski definition) is 1. The van der Waals surface area contributed by atoms with Gasteiger partial charge >= 0.3 is 0 Å². The quantitative estimate of drug-likeness (QED) is 0.806. The van der Waals surface area contributed by atoms with Crippen molar-refractivity contribution in [3.8, 4) is 0 Å². The molecule has 0 aliphatic carbocycles. The van der Waals surface area contributed by atoms with Crippen molar-refractivity contribution in [2.45, 2.75) is 12.5 Å². The molecule has 3 aromatic rings. The molecular weight excluding hydrogens is 300 g/mol. The van der Waals surface area contributed by atoms with Crippen molar-refractivity contribution in [3.63, 3.8) is 0 Å². The van der Waals surface area contributed by atoms with E-state index in [-0.39, 0.29) is 11.9 Å². The molecule has 1 aromatic carbocycles. The number of pyridine rings is 2. The number of benzene rings is 1. The third-order valence-corrected chi connectivity index (χ3v) is 4.38. The van der Waals surface area contributed by atoms with Crippen LogP contribution in [0, 0.1) is 0 Å². The first-order valence-electron chi connectivity index (χ1n) is 8.11. The van der Waals surface area contributed by atoms with Crippen molar-refractivity contribution < 1.29 is 4.79 Å². The molecule has 4 rings (SSSR count). The van der Waals surface area contributed by atoms with E-state index in [0.29, 0.717) is 12.2 Å². The second-order valence-electron chi connectivity index (χ2n) is 6.00. The molecule has 0 spiro atoms. The van der Waals surface area contributed by atoms with Crippen LogP contribution in [0.4, 0.5) is 5.69 Å². The maximum atomic E-state index is 12.9. The standard InChI is InChI=1S/C19H18N4O/c24-19(18-17-6-2-1-4-14(17)7-10-21-18)23-11-8-16(13-23)22-15-5-3-9-20-12-15/h1-7,9-10,12,16,22H,8,11,13H2/t16-/m0/s1. The molecule has 1 aliphatic rings. The van der Waals surface area contributed by atoms with Crippen LogP contribution in [0.5, 0.6) is 0 Å². The number of fused-ring (bicyclic) bond motifs is 1. The molecule has 1 amide bonds. The summed E-state index contributed by atoms with van der Waals surface area (Å²) in [5, 5.41) is 5.39. The highest BCUT2D eigenvalue weighted by molar-refractivity contribution is 6.05. The van der Waals surface area contributed by atoms with Gasteiger partial charge in [0.15, 0.2) is 0 Å². The Balaban J connectivity index is 1.51. The van der Waals surface area contributed by atoms with Gasteiger partial charge in [-0.1, -0.05) is 24.3 Å². The molecule has 0 unspecified atom stereocenters. The van der Waals surface area contributed by atoms with Gasteiger partial charge in [-0.3, -0.25) is 14.8 Å². The maximum absolute atomic E-state index is 12.9. The number of amides is 1. The molecule has 0 bridgehead atoms. The predicted molar refractivity (Wildman–Crippen MR) is 93.9 cm³/mol. The number of nitrogens with one attached hydrogen (secondary N) is 1. The number of anilines is 1. The average molecular weight is 318 g/mol. The fraction of sp³-hybridized carbons (Fsp3) is 0.211. The monoisotopic (exact) mass is 318 g/mol. The Morgan fingerprint density at radius 1 is 1.12 bits per heavy atom. The van der Waals surface area contributed by atoms with Gasteiger partial charge in [0, 0.05) is 43.1 Å². The summed E-state index contributed by atoms with van der Waals surface area (Å²) in [6.07, 6.45) is 6.18. The number of rotatable bonds is 3. The fourth-order valence-electron chi connectivity index (χ4n) is 3.19. The molecule has 0 saturated carbocycles. The van der Waals surface area contributed by atoms with Crippen molar-refractivity contribution in [2.75, 3.05) is 18.4 Å². The largest absolute Gasteiger partial charge is 0.379 e. The third-order valence-electron chi connectivity index (χ3n) is 4.38. The number of likely N-dealkylation sites (tertiary alicyclic amines) is 1. The first-order chi connectivity index (χ1) is 11.8. The van der Waals surface area contributed by atoms with Gasteiger partial charge in [-0.05, 0) is 30.0 Å². The van der Waals surface area contributed by atoms with E-state index in [2.05, 4.69) is 15.3 Å². The normalized spacial score (nSPS) is 17.2. The SMILES string of the molecule is O=C(c1nccc2ccccc12)N1CC[C@H](Nc2cccnc2)C1. The predicted octanol–water partition coefficient (Wildman–Crippen LogP) is 2.96. The summed E-state index contributed by atoms with van der Waals surface area (Å²) in [4.78, 5) is 23.2. The summed E-state index contributed by atoms with van der Waals surface area (Å²) >= 11 is 0. The van der Waals surface area contributed by atoms with Crippen molar-refractivity contribution in [1.82, 2.24) is 14.9 Å². The second-order valence-corrected chi connectivity index (χ2v) is 6.00. The molecule has 5 heteroatoms.